The van der Waals surface area contributed by atoms with Crippen LogP contribution in [0.2, 0.25) is 0 Å². The van der Waals surface area contributed by atoms with E-state index >= 15 is 0 Å². The van der Waals surface area contributed by atoms with Gasteiger partial charge in [0.15, 0.2) is 0 Å². The van der Waals surface area contributed by atoms with Crippen LogP contribution in [0.25, 0.3) is 0 Å². The Kier molecular flexibility index (Phi) is 4.98. The largest absolute Gasteiger partial charge is 0.271 e. The summed E-state index contributed by atoms with van der Waals surface area (Å²) in [6.07, 6.45) is 3.41. The molecule has 19 heavy (non-hydrogen) atoms. The van der Waals surface area contributed by atoms with Gasteiger partial charge in [0, 0.05) is 10.0 Å². The number of hydrogen-bond donors (Lipinski definition) is 2. The quantitative estimate of drug-likeness (QED) is 0.645. The first-order valence-corrected chi connectivity index (χ1v) is 7.73. The van der Waals surface area contributed by atoms with Gasteiger partial charge < -0.3 is 0 Å². The average Bonchev–Trinajstić information content (AvgIpc) is 2.37. The zero-order valence-electron chi connectivity index (χ0n) is 11.5. The molecule has 1 saturated carbocycles. The van der Waals surface area contributed by atoms with E-state index < -0.39 is 0 Å². The minimum absolute atomic E-state index is 0.0944. The fourth-order valence-corrected chi connectivity index (χ4v) is 3.46. The summed E-state index contributed by atoms with van der Waals surface area (Å²) in [6.45, 7) is 4.58. The molecule has 4 heteroatoms. The summed E-state index contributed by atoms with van der Waals surface area (Å²) < 4.78 is 14.9. The number of rotatable bonds is 3. The first kappa shape index (κ1) is 14.9. The maximum atomic E-state index is 14.1. The lowest BCUT2D eigenvalue weighted by Gasteiger charge is -2.36. The van der Waals surface area contributed by atoms with Crippen molar-refractivity contribution < 1.29 is 4.39 Å². The van der Waals surface area contributed by atoms with E-state index in [2.05, 4.69) is 35.2 Å². The number of nitrogens with one attached hydrogen (secondary N) is 1. The van der Waals surface area contributed by atoms with Crippen LogP contribution in [0, 0.1) is 23.6 Å². The van der Waals surface area contributed by atoms with E-state index in [1.807, 2.05) is 12.1 Å². The molecule has 0 saturated heterocycles. The topological polar surface area (TPSA) is 38.0 Å². The van der Waals surface area contributed by atoms with Gasteiger partial charge in [0.25, 0.3) is 0 Å². The number of benzene rings is 1. The molecule has 4 unspecified atom stereocenters. The van der Waals surface area contributed by atoms with Crippen LogP contribution in [-0.2, 0) is 0 Å². The van der Waals surface area contributed by atoms with E-state index in [1.165, 1.54) is 12.5 Å². The maximum Gasteiger partial charge on any atom is 0.129 e. The zero-order valence-corrected chi connectivity index (χ0v) is 13.1. The second-order valence-electron chi connectivity index (χ2n) is 5.84. The van der Waals surface area contributed by atoms with Crippen LogP contribution in [0.4, 0.5) is 4.39 Å². The molecule has 1 fully saturated rings. The summed E-state index contributed by atoms with van der Waals surface area (Å²) in [4.78, 5) is 0. The van der Waals surface area contributed by atoms with E-state index in [0.717, 1.165) is 23.2 Å². The third-order valence-corrected chi connectivity index (χ3v) is 5.08. The lowest BCUT2D eigenvalue weighted by atomic mass is 9.72. The van der Waals surface area contributed by atoms with Crippen LogP contribution < -0.4 is 11.3 Å². The van der Waals surface area contributed by atoms with Crippen LogP contribution >= 0.6 is 15.9 Å². The van der Waals surface area contributed by atoms with Crippen molar-refractivity contribution in [2.24, 2.45) is 23.6 Å². The van der Waals surface area contributed by atoms with Gasteiger partial charge in [0.2, 0.25) is 0 Å². The second-order valence-corrected chi connectivity index (χ2v) is 6.75. The Morgan fingerprint density at radius 2 is 2.05 bits per heavy atom. The van der Waals surface area contributed by atoms with Crippen LogP contribution in [-0.4, -0.2) is 0 Å². The Morgan fingerprint density at radius 3 is 2.63 bits per heavy atom. The minimum Gasteiger partial charge on any atom is -0.271 e. The average molecular weight is 329 g/mol. The summed E-state index contributed by atoms with van der Waals surface area (Å²) in [5.41, 5.74) is 3.51. The highest BCUT2D eigenvalue weighted by Gasteiger charge is 2.31. The molecule has 1 aromatic carbocycles. The monoisotopic (exact) mass is 328 g/mol. The number of nitrogens with two attached hydrogens (primary N) is 1. The highest BCUT2D eigenvalue weighted by Crippen LogP contribution is 2.40. The standard InChI is InChI=1S/C15H22BrFN2/c1-9-3-4-11(7-10(9)2)15(19-18)13-6-5-12(16)8-14(13)17/h5-6,8-11,15,19H,3-4,7,18H2,1-2H3. The number of hydrazine groups is 1. The van der Waals surface area contributed by atoms with Crippen LogP contribution in [0.5, 0.6) is 0 Å². The van der Waals surface area contributed by atoms with Gasteiger partial charge in [-0.3, -0.25) is 11.3 Å². The second kappa shape index (κ2) is 6.33. The highest BCUT2D eigenvalue weighted by atomic mass is 79.9. The molecule has 106 valence electrons. The van der Waals surface area contributed by atoms with Crippen molar-refractivity contribution in [2.45, 2.75) is 39.2 Å². The van der Waals surface area contributed by atoms with Gasteiger partial charge in [-0.05, 0) is 42.7 Å². The molecule has 0 aliphatic heterocycles. The van der Waals surface area contributed by atoms with Crippen molar-refractivity contribution in [3.8, 4) is 0 Å². The van der Waals surface area contributed by atoms with Crippen molar-refractivity contribution in [2.75, 3.05) is 0 Å². The lowest BCUT2D eigenvalue weighted by molar-refractivity contribution is 0.169. The molecule has 1 aliphatic rings. The summed E-state index contributed by atoms with van der Waals surface area (Å²) in [5.74, 6) is 7.34. The lowest BCUT2D eigenvalue weighted by Crippen LogP contribution is -2.37. The molecule has 0 spiro atoms. The molecule has 0 heterocycles. The Hall–Kier alpha value is -0.450. The molecule has 0 bridgehead atoms. The third-order valence-electron chi connectivity index (χ3n) is 4.59. The maximum absolute atomic E-state index is 14.1. The smallest absolute Gasteiger partial charge is 0.129 e. The zero-order chi connectivity index (χ0) is 14.0. The van der Waals surface area contributed by atoms with Gasteiger partial charge in [-0.25, -0.2) is 4.39 Å². The van der Waals surface area contributed by atoms with Crippen molar-refractivity contribution in [3.05, 3.63) is 34.1 Å². The van der Waals surface area contributed by atoms with Crippen molar-refractivity contribution in [1.29, 1.82) is 0 Å². The van der Waals surface area contributed by atoms with E-state index in [-0.39, 0.29) is 11.9 Å². The predicted molar refractivity (Wildman–Crippen MR) is 79.8 cm³/mol. The normalized spacial score (nSPS) is 29.2. The molecule has 1 aromatic rings. The van der Waals surface area contributed by atoms with Crippen LogP contribution in [0.15, 0.2) is 22.7 Å². The Labute approximate surface area is 123 Å². The molecule has 0 amide bonds. The van der Waals surface area contributed by atoms with Gasteiger partial charge >= 0.3 is 0 Å². The SMILES string of the molecule is CC1CCC(C(NN)c2ccc(Br)cc2F)CC1C. The highest BCUT2D eigenvalue weighted by molar-refractivity contribution is 9.10. The van der Waals surface area contributed by atoms with E-state index in [9.17, 15) is 4.39 Å². The Bertz CT molecular complexity index is 438. The number of hydrogen-bond acceptors (Lipinski definition) is 2. The summed E-state index contributed by atoms with van der Waals surface area (Å²) in [7, 11) is 0. The van der Waals surface area contributed by atoms with Gasteiger partial charge in [-0.15, -0.1) is 0 Å². The third kappa shape index (κ3) is 3.36. The Morgan fingerprint density at radius 1 is 1.32 bits per heavy atom. The summed E-state index contributed by atoms with van der Waals surface area (Å²) in [5, 5.41) is 0. The van der Waals surface area contributed by atoms with Gasteiger partial charge in [0.05, 0.1) is 6.04 Å². The summed E-state index contributed by atoms with van der Waals surface area (Å²) >= 11 is 3.29. The fourth-order valence-electron chi connectivity index (χ4n) is 3.13. The van der Waals surface area contributed by atoms with Gasteiger partial charge in [0.1, 0.15) is 5.82 Å². The molecular formula is C15H22BrFN2. The van der Waals surface area contributed by atoms with Crippen molar-refractivity contribution in [3.63, 3.8) is 0 Å². The molecule has 1 aliphatic carbocycles. The number of halogens is 2. The first-order valence-electron chi connectivity index (χ1n) is 6.94. The van der Waals surface area contributed by atoms with E-state index in [0.29, 0.717) is 17.4 Å². The Balaban J connectivity index is 2.20. The van der Waals surface area contributed by atoms with E-state index in [1.54, 1.807) is 0 Å². The van der Waals surface area contributed by atoms with Crippen LogP contribution in [0.3, 0.4) is 0 Å². The van der Waals surface area contributed by atoms with E-state index in [4.69, 9.17) is 5.84 Å². The molecule has 2 nitrogen and oxygen atoms in total. The molecule has 4 atom stereocenters. The predicted octanol–water partition coefficient (Wildman–Crippen LogP) is 4.16. The molecule has 0 aromatic heterocycles. The minimum atomic E-state index is -0.191. The van der Waals surface area contributed by atoms with Gasteiger partial charge in [-0.2, -0.15) is 0 Å². The van der Waals surface area contributed by atoms with Gasteiger partial charge in [-0.1, -0.05) is 42.3 Å². The molecule has 3 N–H and O–H groups in total. The first-order chi connectivity index (χ1) is 9.02. The summed E-state index contributed by atoms with van der Waals surface area (Å²) in [6, 6.07) is 5.11. The van der Waals surface area contributed by atoms with Crippen molar-refractivity contribution in [1.82, 2.24) is 5.43 Å². The molecule has 0 radical (unpaired) electrons. The molecular weight excluding hydrogens is 307 g/mol. The van der Waals surface area contributed by atoms with Crippen molar-refractivity contribution >= 4 is 15.9 Å². The van der Waals surface area contributed by atoms with Crippen LogP contribution in [0.1, 0.15) is 44.7 Å². The molecule has 2 rings (SSSR count). The fraction of sp³-hybridized carbons (Fsp3) is 0.600.